The summed E-state index contributed by atoms with van der Waals surface area (Å²) in [6.07, 6.45) is 20.4. The Bertz CT molecular complexity index is 1180. The summed E-state index contributed by atoms with van der Waals surface area (Å²) in [5, 5.41) is 0. The summed E-state index contributed by atoms with van der Waals surface area (Å²) in [5.41, 5.74) is 0. The molecule has 0 N–H and O–H groups in total. The first-order valence-electron chi connectivity index (χ1n) is 10.8. The number of hydrogen-bond donors (Lipinski definition) is 0. The minimum absolute atomic E-state index is 0.900. The van der Waals surface area contributed by atoms with Crippen molar-refractivity contribution in [2.75, 3.05) is 0 Å². The number of rotatable bonds is 8. The van der Waals surface area contributed by atoms with Gasteiger partial charge in [0.2, 0.25) is 24.3 Å². The number of aryl methyl sites for hydroxylation is 4. The largest absolute Gasteiger partial charge is 0.253 e. The van der Waals surface area contributed by atoms with Gasteiger partial charge in [-0.05, 0) is 12.1 Å². The van der Waals surface area contributed by atoms with Crippen LogP contribution < -0.4 is 13.7 Å². The molecule has 0 fully saturated rings. The highest BCUT2D eigenvalue weighted by Crippen LogP contribution is 2.02. The summed E-state index contributed by atoms with van der Waals surface area (Å²) in [6, 6.07) is 11.9. The van der Waals surface area contributed by atoms with Crippen LogP contribution in [0.2, 0.25) is 0 Å². The SMILES string of the molecule is Cc1n(CC[n+]2ccn(-c3ccccn3)c2)cc[n+]1CC[n+]1ccn(-c2ccccn2)c1. The van der Waals surface area contributed by atoms with E-state index in [-0.39, 0.29) is 0 Å². The van der Waals surface area contributed by atoms with E-state index in [0.29, 0.717) is 0 Å². The molecule has 32 heavy (non-hydrogen) atoms. The van der Waals surface area contributed by atoms with E-state index >= 15 is 0 Å². The molecule has 0 saturated heterocycles. The van der Waals surface area contributed by atoms with Crippen molar-refractivity contribution in [3.05, 3.63) is 104 Å². The van der Waals surface area contributed by atoms with Crippen molar-refractivity contribution in [2.24, 2.45) is 0 Å². The van der Waals surface area contributed by atoms with Crippen LogP contribution in [0.15, 0.2) is 98.6 Å². The number of aromatic nitrogens is 8. The molecule has 0 atom stereocenters. The molecule has 8 nitrogen and oxygen atoms in total. The Balaban J connectivity index is 1.18. The predicted octanol–water partition coefficient (Wildman–Crippen LogP) is 1.43. The molecule has 0 aliphatic rings. The maximum absolute atomic E-state index is 4.40. The zero-order chi connectivity index (χ0) is 21.8. The maximum Gasteiger partial charge on any atom is 0.253 e. The quantitative estimate of drug-likeness (QED) is 0.352. The summed E-state index contributed by atoms with van der Waals surface area (Å²) in [4.78, 5) is 8.79. The van der Waals surface area contributed by atoms with E-state index in [2.05, 4.69) is 72.6 Å². The Morgan fingerprint density at radius 2 is 1.34 bits per heavy atom. The molecule has 5 rings (SSSR count). The van der Waals surface area contributed by atoms with Crippen molar-refractivity contribution < 1.29 is 13.7 Å². The van der Waals surface area contributed by atoms with Gasteiger partial charge < -0.3 is 0 Å². The van der Waals surface area contributed by atoms with Crippen LogP contribution in [0.4, 0.5) is 0 Å². The standard InChI is InChI=1S/C24H27N8/c1-22-29(14-10-27-12-16-31(20-27)23-6-2-4-8-25-23)18-19-30(22)15-11-28-13-17-32(21-28)24-7-3-5-9-26-24/h2-9,12-13,16-21H,10-11,14-15H2,1H3/q+3. The molecule has 8 heteroatoms. The number of hydrogen-bond acceptors (Lipinski definition) is 2. The molecule has 0 unspecified atom stereocenters. The summed E-state index contributed by atoms with van der Waals surface area (Å²) in [6.45, 7) is 5.80. The average molecular weight is 428 g/mol. The summed E-state index contributed by atoms with van der Waals surface area (Å²) in [5.74, 6) is 3.10. The normalized spacial score (nSPS) is 11.2. The third kappa shape index (κ3) is 4.34. The Morgan fingerprint density at radius 1 is 0.719 bits per heavy atom. The van der Waals surface area contributed by atoms with Gasteiger partial charge in [0.15, 0.2) is 0 Å². The first-order valence-corrected chi connectivity index (χ1v) is 10.8. The van der Waals surface area contributed by atoms with Crippen molar-refractivity contribution in [1.29, 1.82) is 0 Å². The van der Waals surface area contributed by atoms with E-state index in [0.717, 1.165) is 37.8 Å². The van der Waals surface area contributed by atoms with Gasteiger partial charge in [0.1, 0.15) is 63.4 Å². The van der Waals surface area contributed by atoms with Crippen LogP contribution in [0.5, 0.6) is 0 Å². The van der Waals surface area contributed by atoms with Gasteiger partial charge in [0, 0.05) is 31.5 Å². The van der Waals surface area contributed by atoms with Gasteiger partial charge in [0.25, 0.3) is 5.82 Å². The fraction of sp³-hybridized carbons (Fsp3) is 0.208. The average Bonchev–Trinajstić information content (AvgIpc) is 3.58. The summed E-state index contributed by atoms with van der Waals surface area (Å²) < 4.78 is 13.1. The van der Waals surface area contributed by atoms with Gasteiger partial charge in [-0.15, -0.1) is 0 Å². The van der Waals surface area contributed by atoms with Crippen molar-refractivity contribution in [1.82, 2.24) is 23.7 Å². The van der Waals surface area contributed by atoms with E-state index in [1.54, 1.807) is 0 Å². The van der Waals surface area contributed by atoms with E-state index in [1.165, 1.54) is 5.82 Å². The molecule has 5 heterocycles. The van der Waals surface area contributed by atoms with Crippen molar-refractivity contribution in [2.45, 2.75) is 33.1 Å². The summed E-state index contributed by atoms with van der Waals surface area (Å²) >= 11 is 0. The second-order valence-electron chi connectivity index (χ2n) is 7.73. The van der Waals surface area contributed by atoms with Gasteiger partial charge in [-0.1, -0.05) is 12.1 Å². The first-order chi connectivity index (χ1) is 15.8. The highest BCUT2D eigenvalue weighted by molar-refractivity contribution is 5.20. The molecule has 0 aliphatic heterocycles. The Hall–Kier alpha value is -4.07. The smallest absolute Gasteiger partial charge is 0.232 e. The Kier molecular flexibility index (Phi) is 5.57. The van der Waals surface area contributed by atoms with Crippen LogP contribution in [-0.2, 0) is 26.2 Å². The van der Waals surface area contributed by atoms with Gasteiger partial charge in [-0.25, -0.2) is 28.2 Å². The van der Waals surface area contributed by atoms with Crippen molar-refractivity contribution in [3.8, 4) is 11.6 Å². The molecule has 0 spiro atoms. The summed E-state index contributed by atoms with van der Waals surface area (Å²) in [7, 11) is 0. The molecule has 5 aromatic heterocycles. The second-order valence-corrected chi connectivity index (χ2v) is 7.73. The monoisotopic (exact) mass is 427 g/mol. The molecule has 160 valence electrons. The van der Waals surface area contributed by atoms with Gasteiger partial charge >= 0.3 is 0 Å². The topological polar surface area (TPSA) is 52.2 Å². The molecule has 0 aromatic carbocycles. The van der Waals surface area contributed by atoms with Crippen LogP contribution in [-0.4, -0.2) is 23.7 Å². The number of nitrogens with zero attached hydrogens (tertiary/aromatic N) is 8. The fourth-order valence-electron chi connectivity index (χ4n) is 3.80. The molecule has 0 bridgehead atoms. The predicted molar refractivity (Wildman–Crippen MR) is 117 cm³/mol. The van der Waals surface area contributed by atoms with E-state index in [9.17, 15) is 0 Å². The fourth-order valence-corrected chi connectivity index (χ4v) is 3.80. The third-order valence-corrected chi connectivity index (χ3v) is 5.67. The molecular formula is C24H27N8+3. The minimum Gasteiger partial charge on any atom is -0.232 e. The third-order valence-electron chi connectivity index (χ3n) is 5.67. The van der Waals surface area contributed by atoms with Gasteiger partial charge in [-0.2, -0.15) is 9.13 Å². The lowest BCUT2D eigenvalue weighted by atomic mass is 10.5. The van der Waals surface area contributed by atoms with Crippen molar-refractivity contribution >= 4 is 0 Å². The van der Waals surface area contributed by atoms with E-state index in [4.69, 9.17) is 0 Å². The van der Waals surface area contributed by atoms with Crippen LogP contribution in [0, 0.1) is 6.92 Å². The van der Waals surface area contributed by atoms with Gasteiger partial charge in [-0.3, -0.25) is 0 Å². The zero-order valence-electron chi connectivity index (χ0n) is 18.1. The maximum atomic E-state index is 4.40. The van der Waals surface area contributed by atoms with Crippen LogP contribution >= 0.6 is 0 Å². The van der Waals surface area contributed by atoms with Crippen molar-refractivity contribution in [3.63, 3.8) is 0 Å². The van der Waals surface area contributed by atoms with Crippen LogP contribution in [0.25, 0.3) is 11.6 Å². The second kappa shape index (κ2) is 8.97. The van der Waals surface area contributed by atoms with E-state index < -0.39 is 0 Å². The highest BCUT2D eigenvalue weighted by atomic mass is 15.2. The molecule has 0 amide bonds. The molecular weight excluding hydrogens is 400 g/mol. The molecule has 0 aliphatic carbocycles. The van der Waals surface area contributed by atoms with Gasteiger partial charge in [0.05, 0.1) is 0 Å². The van der Waals surface area contributed by atoms with Crippen LogP contribution in [0.1, 0.15) is 5.82 Å². The number of pyridine rings is 2. The Labute approximate surface area is 186 Å². The molecule has 0 radical (unpaired) electrons. The molecule has 5 aromatic rings. The zero-order valence-corrected chi connectivity index (χ0v) is 18.1. The lowest BCUT2D eigenvalue weighted by Crippen LogP contribution is -2.44. The van der Waals surface area contributed by atoms with Crippen LogP contribution in [0.3, 0.4) is 0 Å². The Morgan fingerprint density at radius 3 is 1.94 bits per heavy atom. The number of imidazole rings is 3. The minimum atomic E-state index is 0.900. The lowest BCUT2D eigenvalue weighted by Gasteiger charge is -2.00. The first kappa shape index (κ1) is 19.9. The molecule has 0 saturated carbocycles. The highest BCUT2D eigenvalue weighted by Gasteiger charge is 2.15. The van der Waals surface area contributed by atoms with E-state index in [1.807, 2.05) is 70.3 Å². The lowest BCUT2D eigenvalue weighted by molar-refractivity contribution is -0.780.